The number of para-hydroxylation sites is 7. The van der Waals surface area contributed by atoms with Crippen molar-refractivity contribution in [2.24, 2.45) is 0 Å². The third-order valence-electron chi connectivity index (χ3n) is 12.6. The molecule has 0 aliphatic carbocycles. The van der Waals surface area contributed by atoms with Gasteiger partial charge in [-0.15, -0.1) is 0 Å². The van der Waals surface area contributed by atoms with Crippen molar-refractivity contribution in [2.75, 3.05) is 14.7 Å². The minimum absolute atomic E-state index is 0.739. The molecule has 3 heteroatoms. The first kappa shape index (κ1) is 38.6. The molecular weight excluding hydrogens is 751 g/mol. The summed E-state index contributed by atoms with van der Waals surface area (Å²) in [5.41, 5.74) is 19.2. The molecule has 9 aromatic rings. The van der Waals surface area contributed by atoms with E-state index in [2.05, 4.69) is 267 Å². The average molecular weight is 800 g/mol. The Labute approximate surface area is 366 Å². The first-order chi connectivity index (χ1) is 30.4. The van der Waals surface area contributed by atoms with E-state index in [-0.39, 0.29) is 0 Å². The Morgan fingerprint density at radius 2 is 0.661 bits per heavy atom. The largest absolute Gasteiger partial charge is 0.310 e. The van der Waals surface area contributed by atoms with Crippen LogP contribution in [0.1, 0.15) is 44.5 Å². The van der Waals surface area contributed by atoms with Gasteiger partial charge in [-0.3, -0.25) is 0 Å². The van der Waals surface area contributed by atoms with Gasteiger partial charge in [0.1, 0.15) is 0 Å². The number of hydrogen-bond donors (Lipinski definition) is 0. The van der Waals surface area contributed by atoms with E-state index in [4.69, 9.17) is 0 Å². The van der Waals surface area contributed by atoms with Crippen LogP contribution in [0.2, 0.25) is 0 Å². The van der Waals surface area contributed by atoms with Crippen LogP contribution in [0.15, 0.2) is 224 Å². The Kier molecular flexibility index (Phi) is 10.0. The molecule has 0 fully saturated rings. The van der Waals surface area contributed by atoms with Crippen LogP contribution in [0.3, 0.4) is 0 Å². The highest BCUT2D eigenvalue weighted by Crippen LogP contribution is 2.58. The summed E-state index contributed by atoms with van der Waals surface area (Å²) in [5.74, 6) is 0. The van der Waals surface area contributed by atoms with Gasteiger partial charge in [0.05, 0.1) is 16.8 Å². The fraction of sp³-hybridized carbons (Fsp3) is 0.0847. The molecule has 300 valence electrons. The number of anilines is 9. The fourth-order valence-electron chi connectivity index (χ4n) is 9.72. The minimum Gasteiger partial charge on any atom is -0.310 e. The zero-order valence-electron chi connectivity index (χ0n) is 35.7. The third kappa shape index (κ3) is 6.45. The topological polar surface area (TPSA) is 9.72 Å². The van der Waals surface area contributed by atoms with Crippen LogP contribution in [0, 0.1) is 27.7 Å². The molecule has 0 radical (unpaired) electrons. The lowest BCUT2D eigenvalue weighted by molar-refractivity contribution is 0.731. The Morgan fingerprint density at radius 3 is 1.05 bits per heavy atom. The van der Waals surface area contributed by atoms with Gasteiger partial charge in [-0.2, -0.15) is 0 Å². The molecular formula is C59H49N3. The van der Waals surface area contributed by atoms with E-state index in [1.807, 2.05) is 0 Å². The molecule has 0 unspecified atom stereocenters. The highest BCUT2D eigenvalue weighted by Gasteiger charge is 2.47. The highest BCUT2D eigenvalue weighted by atomic mass is 15.2. The lowest BCUT2D eigenvalue weighted by Crippen LogP contribution is -2.38. The van der Waals surface area contributed by atoms with Crippen LogP contribution in [0.25, 0.3) is 0 Å². The molecule has 0 atom stereocenters. The van der Waals surface area contributed by atoms with Crippen molar-refractivity contribution >= 4 is 51.2 Å². The quantitative estimate of drug-likeness (QED) is 0.144. The standard InChI is InChI=1S/C59H49N3/c1-42-22-8-14-34-53(42)61(54-35-15-9-23-43(54)2)49-30-20-26-46(40-49)59(51-32-12-18-38-57(51)60(48-28-6-5-7-29-48)58-39-19-13-33-52(58)59)47-27-21-31-50(41-47)62(55-36-16-10-24-44(55)3)56-37-17-11-25-45(56)4/h5-41H,1-4H3. The van der Waals surface area contributed by atoms with Crippen LogP contribution in [-0.4, -0.2) is 0 Å². The Morgan fingerprint density at radius 1 is 0.323 bits per heavy atom. The molecule has 1 aliphatic heterocycles. The van der Waals surface area contributed by atoms with E-state index in [9.17, 15) is 0 Å². The maximum atomic E-state index is 2.44. The van der Waals surface area contributed by atoms with Crippen molar-refractivity contribution < 1.29 is 0 Å². The molecule has 10 rings (SSSR count). The molecule has 1 heterocycles. The molecule has 3 nitrogen and oxygen atoms in total. The molecule has 0 bridgehead atoms. The van der Waals surface area contributed by atoms with Gasteiger partial charge in [0.25, 0.3) is 0 Å². The van der Waals surface area contributed by atoms with E-state index in [1.54, 1.807) is 0 Å². The monoisotopic (exact) mass is 799 g/mol. The second-order valence-corrected chi connectivity index (χ2v) is 16.4. The summed E-state index contributed by atoms with van der Waals surface area (Å²) >= 11 is 0. The molecule has 0 saturated heterocycles. The summed E-state index contributed by atoms with van der Waals surface area (Å²) in [6, 6.07) is 82.3. The highest BCUT2D eigenvalue weighted by molar-refractivity contribution is 5.91. The van der Waals surface area contributed by atoms with Crippen LogP contribution in [0.5, 0.6) is 0 Å². The van der Waals surface area contributed by atoms with Crippen LogP contribution in [-0.2, 0) is 5.41 Å². The Hall–Kier alpha value is -7.62. The lowest BCUT2D eigenvalue weighted by atomic mass is 9.62. The Bertz CT molecular complexity index is 2780. The van der Waals surface area contributed by atoms with Crippen molar-refractivity contribution in [3.05, 3.63) is 269 Å². The fourth-order valence-corrected chi connectivity index (χ4v) is 9.72. The van der Waals surface area contributed by atoms with E-state index >= 15 is 0 Å². The molecule has 9 aromatic carbocycles. The molecule has 62 heavy (non-hydrogen) atoms. The van der Waals surface area contributed by atoms with Gasteiger partial charge >= 0.3 is 0 Å². The summed E-state index contributed by atoms with van der Waals surface area (Å²) in [7, 11) is 0. The second-order valence-electron chi connectivity index (χ2n) is 16.4. The van der Waals surface area contributed by atoms with Crippen molar-refractivity contribution in [1.82, 2.24) is 0 Å². The lowest BCUT2D eigenvalue weighted by Gasteiger charge is -2.47. The molecule has 0 aromatic heterocycles. The molecule has 0 saturated carbocycles. The number of hydrogen-bond acceptors (Lipinski definition) is 3. The van der Waals surface area contributed by atoms with Gasteiger partial charge in [0.15, 0.2) is 0 Å². The van der Waals surface area contributed by atoms with Crippen molar-refractivity contribution in [1.29, 1.82) is 0 Å². The SMILES string of the molecule is Cc1ccccc1N(c1cccc(C2(c3cccc(N(c4ccccc4C)c4ccccc4C)c3)c3ccccc3N(c3ccccc3)c3ccccc32)c1)c1ccccc1C. The summed E-state index contributed by atoms with van der Waals surface area (Å²) in [5, 5.41) is 0. The van der Waals surface area contributed by atoms with Gasteiger partial charge in [-0.25, -0.2) is 0 Å². The number of nitrogens with zero attached hydrogens (tertiary/aromatic N) is 3. The zero-order chi connectivity index (χ0) is 42.2. The predicted molar refractivity (Wildman–Crippen MR) is 261 cm³/mol. The number of benzene rings is 9. The zero-order valence-corrected chi connectivity index (χ0v) is 35.7. The maximum Gasteiger partial charge on any atom is 0.0743 e. The van der Waals surface area contributed by atoms with Crippen LogP contribution < -0.4 is 14.7 Å². The average Bonchev–Trinajstić information content (AvgIpc) is 3.31. The third-order valence-corrected chi connectivity index (χ3v) is 12.6. The number of fused-ring (bicyclic) bond motifs is 2. The van der Waals surface area contributed by atoms with E-state index in [1.165, 1.54) is 44.5 Å². The van der Waals surface area contributed by atoms with Gasteiger partial charge in [0, 0.05) is 39.8 Å². The predicted octanol–water partition coefficient (Wildman–Crippen LogP) is 16.0. The summed E-state index contributed by atoms with van der Waals surface area (Å²) in [4.78, 5) is 7.32. The normalized spacial score (nSPS) is 12.6. The van der Waals surface area contributed by atoms with Gasteiger partial charge in [-0.1, -0.05) is 152 Å². The van der Waals surface area contributed by atoms with Gasteiger partial charge in [0.2, 0.25) is 0 Å². The molecule has 1 aliphatic rings. The minimum atomic E-state index is -0.739. The summed E-state index contributed by atoms with van der Waals surface area (Å²) in [6.45, 7) is 8.82. The summed E-state index contributed by atoms with van der Waals surface area (Å²) < 4.78 is 0. The van der Waals surface area contributed by atoms with Crippen molar-refractivity contribution in [2.45, 2.75) is 33.1 Å². The molecule has 0 N–H and O–H groups in total. The van der Waals surface area contributed by atoms with E-state index < -0.39 is 5.41 Å². The second kappa shape index (κ2) is 16.1. The number of rotatable bonds is 9. The van der Waals surface area contributed by atoms with Crippen LogP contribution in [0.4, 0.5) is 51.2 Å². The van der Waals surface area contributed by atoms with Crippen LogP contribution >= 0.6 is 0 Å². The molecule has 0 spiro atoms. The van der Waals surface area contributed by atoms with E-state index in [0.717, 1.165) is 51.2 Å². The molecule has 0 amide bonds. The first-order valence-corrected chi connectivity index (χ1v) is 21.5. The van der Waals surface area contributed by atoms with E-state index in [0.29, 0.717) is 0 Å². The Balaban J connectivity index is 1.30. The van der Waals surface area contributed by atoms with Gasteiger partial charge in [-0.05, 0) is 145 Å². The maximum absolute atomic E-state index is 2.44. The smallest absolute Gasteiger partial charge is 0.0743 e. The van der Waals surface area contributed by atoms with Crippen molar-refractivity contribution in [3.63, 3.8) is 0 Å². The number of aryl methyl sites for hydroxylation is 4. The van der Waals surface area contributed by atoms with Gasteiger partial charge < -0.3 is 14.7 Å². The first-order valence-electron chi connectivity index (χ1n) is 21.5. The van der Waals surface area contributed by atoms with Crippen molar-refractivity contribution in [3.8, 4) is 0 Å². The summed E-state index contributed by atoms with van der Waals surface area (Å²) in [6.07, 6.45) is 0.